The van der Waals surface area contributed by atoms with E-state index in [1.807, 2.05) is 6.92 Å². The maximum absolute atomic E-state index is 12.5. The van der Waals surface area contributed by atoms with Gasteiger partial charge in [0.25, 0.3) is 5.91 Å². The Bertz CT molecular complexity index is 516. The molecule has 0 bridgehead atoms. The standard InChI is InChI=1S/C14H17ClN2O2/c1-9-11(5-2-6-12(9)15)14(19)17-7-3-4-10(8-17)13(16)18/h2,5-6,10H,3-4,7-8H2,1H3,(H2,16,18). The van der Waals surface area contributed by atoms with Gasteiger partial charge in [0.15, 0.2) is 0 Å². The number of likely N-dealkylation sites (tertiary alicyclic amines) is 1. The van der Waals surface area contributed by atoms with Gasteiger partial charge in [0.2, 0.25) is 5.91 Å². The van der Waals surface area contributed by atoms with Gasteiger partial charge < -0.3 is 10.6 Å². The van der Waals surface area contributed by atoms with Gasteiger partial charge in [-0.1, -0.05) is 17.7 Å². The van der Waals surface area contributed by atoms with Crippen LogP contribution in [0.5, 0.6) is 0 Å². The van der Waals surface area contributed by atoms with Crippen molar-refractivity contribution in [2.45, 2.75) is 19.8 Å². The summed E-state index contributed by atoms with van der Waals surface area (Å²) in [5, 5.41) is 0.578. The molecule has 1 aromatic carbocycles. The molecule has 1 unspecified atom stereocenters. The fraction of sp³-hybridized carbons (Fsp3) is 0.429. The van der Waals surface area contributed by atoms with Crippen LogP contribution in [0.3, 0.4) is 0 Å². The fourth-order valence-corrected chi connectivity index (χ4v) is 2.58. The molecule has 1 fully saturated rings. The molecule has 5 heteroatoms. The van der Waals surface area contributed by atoms with Gasteiger partial charge in [-0.2, -0.15) is 0 Å². The highest BCUT2D eigenvalue weighted by molar-refractivity contribution is 6.31. The van der Waals surface area contributed by atoms with Crippen LogP contribution in [0, 0.1) is 12.8 Å². The number of carbonyl (C=O) groups excluding carboxylic acids is 2. The largest absolute Gasteiger partial charge is 0.369 e. The van der Waals surface area contributed by atoms with Crippen molar-refractivity contribution in [3.63, 3.8) is 0 Å². The van der Waals surface area contributed by atoms with Gasteiger partial charge in [-0.15, -0.1) is 0 Å². The number of nitrogens with zero attached hydrogens (tertiary/aromatic N) is 1. The van der Waals surface area contributed by atoms with Crippen molar-refractivity contribution in [2.24, 2.45) is 11.7 Å². The predicted molar refractivity (Wildman–Crippen MR) is 74.0 cm³/mol. The molecule has 1 aliphatic rings. The number of piperidine rings is 1. The van der Waals surface area contributed by atoms with E-state index in [1.54, 1.807) is 23.1 Å². The molecule has 4 nitrogen and oxygen atoms in total. The highest BCUT2D eigenvalue weighted by Gasteiger charge is 2.28. The van der Waals surface area contributed by atoms with Crippen LogP contribution in [0.2, 0.25) is 5.02 Å². The molecular weight excluding hydrogens is 264 g/mol. The normalized spacial score (nSPS) is 19.3. The first-order valence-electron chi connectivity index (χ1n) is 6.34. The summed E-state index contributed by atoms with van der Waals surface area (Å²) in [4.78, 5) is 25.4. The summed E-state index contributed by atoms with van der Waals surface area (Å²) in [6.07, 6.45) is 1.56. The minimum Gasteiger partial charge on any atom is -0.369 e. The number of nitrogens with two attached hydrogens (primary N) is 1. The molecule has 1 aliphatic heterocycles. The third-order valence-corrected chi connectivity index (χ3v) is 4.02. The quantitative estimate of drug-likeness (QED) is 0.900. The van der Waals surface area contributed by atoms with Crippen LogP contribution >= 0.6 is 11.6 Å². The van der Waals surface area contributed by atoms with Gasteiger partial charge >= 0.3 is 0 Å². The Morgan fingerprint density at radius 1 is 1.42 bits per heavy atom. The van der Waals surface area contributed by atoms with Crippen molar-refractivity contribution in [2.75, 3.05) is 13.1 Å². The van der Waals surface area contributed by atoms with Gasteiger partial charge in [0.05, 0.1) is 5.92 Å². The van der Waals surface area contributed by atoms with Gasteiger partial charge in [0, 0.05) is 23.7 Å². The molecule has 2 rings (SSSR count). The molecule has 0 aromatic heterocycles. The van der Waals surface area contributed by atoms with Gasteiger partial charge in [-0.3, -0.25) is 9.59 Å². The number of rotatable bonds is 2. The smallest absolute Gasteiger partial charge is 0.254 e. The minimum absolute atomic E-state index is 0.0778. The highest BCUT2D eigenvalue weighted by Crippen LogP contribution is 2.23. The summed E-state index contributed by atoms with van der Waals surface area (Å²) in [6.45, 7) is 2.89. The van der Waals surface area contributed by atoms with E-state index in [1.165, 1.54) is 0 Å². The maximum atomic E-state index is 12.5. The predicted octanol–water partition coefficient (Wildman–Crippen LogP) is 1.99. The Morgan fingerprint density at radius 2 is 2.16 bits per heavy atom. The lowest BCUT2D eigenvalue weighted by Gasteiger charge is -2.31. The molecule has 2 N–H and O–H groups in total. The molecule has 1 atom stereocenters. The Labute approximate surface area is 117 Å². The van der Waals surface area contributed by atoms with E-state index in [0.717, 1.165) is 18.4 Å². The summed E-state index contributed by atoms with van der Waals surface area (Å²) in [7, 11) is 0. The van der Waals surface area contributed by atoms with Crippen LogP contribution < -0.4 is 5.73 Å². The zero-order valence-corrected chi connectivity index (χ0v) is 11.6. The molecule has 1 heterocycles. The molecule has 19 heavy (non-hydrogen) atoms. The average Bonchev–Trinajstić information content (AvgIpc) is 2.41. The second kappa shape index (κ2) is 5.61. The first-order valence-corrected chi connectivity index (χ1v) is 6.72. The van der Waals surface area contributed by atoms with Crippen molar-refractivity contribution in [1.29, 1.82) is 0 Å². The summed E-state index contributed by atoms with van der Waals surface area (Å²) in [5.41, 5.74) is 6.69. The first kappa shape index (κ1) is 13.9. The van der Waals surface area contributed by atoms with E-state index in [9.17, 15) is 9.59 Å². The second-order valence-electron chi connectivity index (χ2n) is 4.91. The van der Waals surface area contributed by atoms with Crippen molar-refractivity contribution < 1.29 is 9.59 Å². The average molecular weight is 281 g/mol. The number of amides is 2. The zero-order chi connectivity index (χ0) is 14.0. The third-order valence-electron chi connectivity index (χ3n) is 3.61. The van der Waals surface area contributed by atoms with Crippen molar-refractivity contribution in [3.05, 3.63) is 34.3 Å². The van der Waals surface area contributed by atoms with Crippen LogP contribution in [0.4, 0.5) is 0 Å². The molecule has 2 amide bonds. The van der Waals surface area contributed by atoms with E-state index in [0.29, 0.717) is 23.7 Å². The van der Waals surface area contributed by atoms with Crippen LogP contribution in [0.15, 0.2) is 18.2 Å². The molecule has 0 radical (unpaired) electrons. The molecule has 0 spiro atoms. The molecular formula is C14H17ClN2O2. The minimum atomic E-state index is -0.333. The van der Waals surface area contributed by atoms with E-state index in [-0.39, 0.29) is 17.7 Å². The molecule has 1 saturated heterocycles. The van der Waals surface area contributed by atoms with Crippen molar-refractivity contribution in [1.82, 2.24) is 4.90 Å². The Kier molecular flexibility index (Phi) is 4.10. The van der Waals surface area contributed by atoms with Crippen LogP contribution in [-0.2, 0) is 4.79 Å². The molecule has 102 valence electrons. The molecule has 0 saturated carbocycles. The number of halogens is 1. The lowest BCUT2D eigenvalue weighted by Crippen LogP contribution is -2.44. The third kappa shape index (κ3) is 2.89. The molecule has 1 aromatic rings. The summed E-state index contributed by atoms with van der Waals surface area (Å²) < 4.78 is 0. The topological polar surface area (TPSA) is 63.4 Å². The lowest BCUT2D eigenvalue weighted by atomic mass is 9.96. The van der Waals surface area contributed by atoms with Crippen LogP contribution in [0.25, 0.3) is 0 Å². The zero-order valence-electron chi connectivity index (χ0n) is 10.9. The van der Waals surface area contributed by atoms with Crippen LogP contribution in [-0.4, -0.2) is 29.8 Å². The van der Waals surface area contributed by atoms with Gasteiger partial charge in [-0.25, -0.2) is 0 Å². The number of primary amides is 1. The fourth-order valence-electron chi connectivity index (χ4n) is 2.40. The van der Waals surface area contributed by atoms with Crippen molar-refractivity contribution in [3.8, 4) is 0 Å². The number of hydrogen-bond donors (Lipinski definition) is 1. The Hall–Kier alpha value is -1.55. The van der Waals surface area contributed by atoms with Crippen molar-refractivity contribution >= 4 is 23.4 Å². The first-order chi connectivity index (χ1) is 9.00. The number of carbonyl (C=O) groups is 2. The number of benzene rings is 1. The summed E-state index contributed by atoms with van der Waals surface area (Å²) in [5.74, 6) is -0.650. The lowest BCUT2D eigenvalue weighted by molar-refractivity contribution is -0.123. The summed E-state index contributed by atoms with van der Waals surface area (Å²) >= 11 is 6.03. The van der Waals surface area contributed by atoms with E-state index in [2.05, 4.69) is 0 Å². The Balaban J connectivity index is 2.19. The van der Waals surface area contributed by atoms with Gasteiger partial charge in [-0.05, 0) is 37.5 Å². The van der Waals surface area contributed by atoms with E-state index < -0.39 is 0 Å². The molecule has 0 aliphatic carbocycles. The highest BCUT2D eigenvalue weighted by atomic mass is 35.5. The van der Waals surface area contributed by atoms with E-state index in [4.69, 9.17) is 17.3 Å². The maximum Gasteiger partial charge on any atom is 0.254 e. The second-order valence-corrected chi connectivity index (χ2v) is 5.31. The monoisotopic (exact) mass is 280 g/mol. The Morgan fingerprint density at radius 3 is 2.84 bits per heavy atom. The van der Waals surface area contributed by atoms with Crippen LogP contribution in [0.1, 0.15) is 28.8 Å². The SMILES string of the molecule is Cc1c(Cl)cccc1C(=O)N1CCCC(C(N)=O)C1. The summed E-state index contributed by atoms with van der Waals surface area (Å²) in [6, 6.07) is 5.28. The number of hydrogen-bond acceptors (Lipinski definition) is 2. The van der Waals surface area contributed by atoms with Gasteiger partial charge in [0.1, 0.15) is 0 Å². The van der Waals surface area contributed by atoms with E-state index >= 15 is 0 Å².